The van der Waals surface area contributed by atoms with Gasteiger partial charge in [-0.05, 0) is 25.7 Å². The van der Waals surface area contributed by atoms with Crippen molar-refractivity contribution in [1.82, 2.24) is 0 Å². The predicted molar refractivity (Wildman–Crippen MR) is 52.0 cm³/mol. The molecule has 1 heteroatoms. The van der Waals surface area contributed by atoms with E-state index in [1.54, 1.807) is 0 Å². The van der Waals surface area contributed by atoms with E-state index >= 15 is 0 Å². The summed E-state index contributed by atoms with van der Waals surface area (Å²) in [7, 11) is 0. The molecule has 1 rings (SSSR count). The Kier molecular flexibility index (Phi) is 4.37. The van der Waals surface area contributed by atoms with Gasteiger partial charge in [0.1, 0.15) is 0 Å². The Labute approximate surface area is 75.5 Å². The van der Waals surface area contributed by atoms with E-state index in [0.717, 1.165) is 5.92 Å². The summed E-state index contributed by atoms with van der Waals surface area (Å²) in [5, 5.41) is 9.07. The molecular weight excluding hydrogens is 148 g/mol. The summed E-state index contributed by atoms with van der Waals surface area (Å²) >= 11 is 0. The molecule has 0 saturated heterocycles. The van der Waals surface area contributed by atoms with Gasteiger partial charge in [0, 0.05) is 0 Å². The lowest BCUT2D eigenvalue weighted by molar-refractivity contribution is 0.243. The maximum atomic E-state index is 9.07. The van der Waals surface area contributed by atoms with Crippen LogP contribution in [0, 0.1) is 5.92 Å². The Morgan fingerprint density at radius 1 is 1.17 bits per heavy atom. The van der Waals surface area contributed by atoms with Crippen LogP contribution in [0.25, 0.3) is 0 Å². The molecule has 1 saturated carbocycles. The first-order chi connectivity index (χ1) is 5.79. The lowest BCUT2D eigenvalue weighted by atomic mass is 9.99. The van der Waals surface area contributed by atoms with Gasteiger partial charge in [-0.1, -0.05) is 37.8 Å². The summed E-state index contributed by atoms with van der Waals surface area (Å²) in [6.07, 6.45) is 12.0. The molecule has 1 N–H and O–H groups in total. The quantitative estimate of drug-likeness (QED) is 0.496. The van der Waals surface area contributed by atoms with Crippen molar-refractivity contribution in [3.63, 3.8) is 0 Å². The lowest BCUT2D eigenvalue weighted by Gasteiger charge is -2.07. The van der Waals surface area contributed by atoms with Crippen LogP contribution in [0.3, 0.4) is 0 Å². The van der Waals surface area contributed by atoms with Gasteiger partial charge in [0.15, 0.2) is 0 Å². The Morgan fingerprint density at radius 2 is 1.75 bits per heavy atom. The molecule has 0 aliphatic heterocycles. The van der Waals surface area contributed by atoms with Gasteiger partial charge < -0.3 is 5.11 Å². The van der Waals surface area contributed by atoms with E-state index in [2.05, 4.69) is 6.08 Å². The van der Waals surface area contributed by atoms with Gasteiger partial charge in [-0.2, -0.15) is 0 Å². The van der Waals surface area contributed by atoms with E-state index < -0.39 is 0 Å². The zero-order chi connectivity index (χ0) is 8.81. The third-order valence-corrected chi connectivity index (χ3v) is 2.56. The summed E-state index contributed by atoms with van der Waals surface area (Å²) in [6, 6.07) is 0. The van der Waals surface area contributed by atoms with E-state index in [0.29, 0.717) is 0 Å². The Morgan fingerprint density at radius 3 is 2.25 bits per heavy atom. The highest BCUT2D eigenvalue weighted by Crippen LogP contribution is 2.23. The smallest absolute Gasteiger partial charge is 0.0692 e. The first kappa shape index (κ1) is 9.79. The molecule has 12 heavy (non-hydrogen) atoms. The van der Waals surface area contributed by atoms with Crippen molar-refractivity contribution in [1.29, 1.82) is 0 Å². The lowest BCUT2D eigenvalue weighted by Crippen LogP contribution is -1.98. The van der Waals surface area contributed by atoms with Crippen LogP contribution < -0.4 is 0 Å². The molecule has 0 spiro atoms. The molecule has 1 fully saturated rings. The van der Waals surface area contributed by atoms with Crippen molar-refractivity contribution < 1.29 is 5.11 Å². The summed E-state index contributed by atoms with van der Waals surface area (Å²) in [4.78, 5) is 0. The summed E-state index contributed by atoms with van der Waals surface area (Å²) in [5.74, 6) is 0.738. The second kappa shape index (κ2) is 5.36. The first-order valence-electron chi connectivity index (χ1n) is 5.15. The van der Waals surface area contributed by atoms with Crippen molar-refractivity contribution in [2.45, 2.75) is 51.6 Å². The predicted octanol–water partition coefficient (Wildman–Crippen LogP) is 2.89. The molecule has 0 bridgehead atoms. The molecule has 0 amide bonds. The SMILES string of the molecule is CC(O)/C=C/C1CCCCCC1. The normalized spacial score (nSPS) is 24.2. The fraction of sp³-hybridized carbons (Fsp3) is 0.818. The summed E-state index contributed by atoms with van der Waals surface area (Å²) in [6.45, 7) is 1.81. The number of hydrogen-bond donors (Lipinski definition) is 1. The molecule has 1 aliphatic rings. The van der Waals surface area contributed by atoms with Gasteiger partial charge in [0.25, 0.3) is 0 Å². The molecule has 0 heterocycles. The van der Waals surface area contributed by atoms with Gasteiger partial charge in [-0.3, -0.25) is 0 Å². The van der Waals surface area contributed by atoms with Crippen molar-refractivity contribution in [2.24, 2.45) is 5.92 Å². The van der Waals surface area contributed by atoms with Gasteiger partial charge in [-0.15, -0.1) is 0 Å². The van der Waals surface area contributed by atoms with Crippen LogP contribution in [-0.2, 0) is 0 Å². The number of aliphatic hydroxyl groups excluding tert-OH is 1. The third-order valence-electron chi connectivity index (χ3n) is 2.56. The number of hydrogen-bond acceptors (Lipinski definition) is 1. The minimum atomic E-state index is -0.270. The summed E-state index contributed by atoms with van der Waals surface area (Å²) in [5.41, 5.74) is 0. The molecule has 0 aromatic carbocycles. The van der Waals surface area contributed by atoms with Crippen LogP contribution in [0.4, 0.5) is 0 Å². The van der Waals surface area contributed by atoms with E-state index in [-0.39, 0.29) is 6.10 Å². The van der Waals surface area contributed by atoms with Gasteiger partial charge in [-0.25, -0.2) is 0 Å². The van der Waals surface area contributed by atoms with Gasteiger partial charge in [0.2, 0.25) is 0 Å². The van der Waals surface area contributed by atoms with Crippen LogP contribution in [0.15, 0.2) is 12.2 Å². The molecular formula is C11H20O. The Hall–Kier alpha value is -0.300. The topological polar surface area (TPSA) is 20.2 Å². The van der Waals surface area contributed by atoms with Crippen molar-refractivity contribution in [3.8, 4) is 0 Å². The van der Waals surface area contributed by atoms with Crippen LogP contribution in [-0.4, -0.2) is 11.2 Å². The third kappa shape index (κ3) is 3.91. The molecule has 1 aliphatic carbocycles. The average molecular weight is 168 g/mol. The highest BCUT2D eigenvalue weighted by molar-refractivity contribution is 4.92. The van der Waals surface area contributed by atoms with Crippen molar-refractivity contribution >= 4 is 0 Å². The highest BCUT2D eigenvalue weighted by Gasteiger charge is 2.08. The number of allylic oxidation sites excluding steroid dienone is 1. The highest BCUT2D eigenvalue weighted by atomic mass is 16.3. The second-order valence-corrected chi connectivity index (χ2v) is 3.88. The van der Waals surface area contributed by atoms with E-state index in [1.807, 2.05) is 13.0 Å². The Bertz CT molecular complexity index is 130. The second-order valence-electron chi connectivity index (χ2n) is 3.88. The zero-order valence-electron chi connectivity index (χ0n) is 8.00. The fourth-order valence-electron chi connectivity index (χ4n) is 1.82. The molecule has 1 atom stereocenters. The van der Waals surface area contributed by atoms with Crippen LogP contribution in [0.2, 0.25) is 0 Å². The van der Waals surface area contributed by atoms with Crippen LogP contribution in [0.5, 0.6) is 0 Å². The number of rotatable bonds is 2. The van der Waals surface area contributed by atoms with Crippen LogP contribution in [0.1, 0.15) is 45.4 Å². The van der Waals surface area contributed by atoms with Crippen LogP contribution >= 0.6 is 0 Å². The van der Waals surface area contributed by atoms with Crippen molar-refractivity contribution in [2.75, 3.05) is 0 Å². The van der Waals surface area contributed by atoms with E-state index in [1.165, 1.54) is 38.5 Å². The standard InChI is InChI=1S/C11H20O/c1-10(12)8-9-11-6-4-2-3-5-7-11/h8-12H,2-7H2,1H3/b9-8+. The van der Waals surface area contributed by atoms with Gasteiger partial charge in [0.05, 0.1) is 6.10 Å². The van der Waals surface area contributed by atoms with E-state index in [4.69, 9.17) is 5.11 Å². The monoisotopic (exact) mass is 168 g/mol. The number of aliphatic hydroxyl groups is 1. The molecule has 0 aromatic heterocycles. The minimum Gasteiger partial charge on any atom is -0.389 e. The Balaban J connectivity index is 2.29. The molecule has 70 valence electrons. The fourth-order valence-corrected chi connectivity index (χ4v) is 1.82. The largest absolute Gasteiger partial charge is 0.389 e. The molecule has 0 radical (unpaired) electrons. The zero-order valence-corrected chi connectivity index (χ0v) is 8.00. The molecule has 0 aromatic rings. The first-order valence-corrected chi connectivity index (χ1v) is 5.15. The molecule has 1 unspecified atom stereocenters. The minimum absolute atomic E-state index is 0.270. The van der Waals surface area contributed by atoms with Gasteiger partial charge >= 0.3 is 0 Å². The summed E-state index contributed by atoms with van der Waals surface area (Å²) < 4.78 is 0. The maximum Gasteiger partial charge on any atom is 0.0692 e. The average Bonchev–Trinajstić information content (AvgIpc) is 2.28. The molecule has 1 nitrogen and oxygen atoms in total. The maximum absolute atomic E-state index is 9.07. The van der Waals surface area contributed by atoms with Crippen molar-refractivity contribution in [3.05, 3.63) is 12.2 Å². The van der Waals surface area contributed by atoms with E-state index in [9.17, 15) is 0 Å².